The Bertz CT molecular complexity index is 526. The van der Waals surface area contributed by atoms with Crippen LogP contribution in [0.25, 0.3) is 5.69 Å². The van der Waals surface area contributed by atoms with Crippen LogP contribution < -0.4 is 5.32 Å². The first-order valence-electron chi connectivity index (χ1n) is 5.68. The molecule has 88 valence electrons. The first-order valence-corrected chi connectivity index (χ1v) is 5.68. The third kappa shape index (κ3) is 2.56. The highest BCUT2D eigenvalue weighted by atomic mass is 15.2. The fourth-order valence-electron chi connectivity index (χ4n) is 1.76. The Morgan fingerprint density at radius 1 is 1.41 bits per heavy atom. The van der Waals surface area contributed by atoms with E-state index in [0.29, 0.717) is 6.54 Å². The van der Waals surface area contributed by atoms with Gasteiger partial charge in [-0.25, -0.2) is 4.98 Å². The van der Waals surface area contributed by atoms with Crippen LogP contribution in [0.3, 0.4) is 0 Å². The smallest absolute Gasteiger partial charge is 0.207 e. The van der Waals surface area contributed by atoms with E-state index in [1.807, 2.05) is 19.2 Å². The van der Waals surface area contributed by atoms with Crippen LogP contribution in [0, 0.1) is 13.8 Å². The number of nitrogens with zero attached hydrogens (tertiary/aromatic N) is 2. The molecule has 0 saturated carbocycles. The number of aryl methyl sites for hydroxylation is 2. The minimum Gasteiger partial charge on any atom is -0.352 e. The second-order valence-corrected chi connectivity index (χ2v) is 4.08. The van der Waals surface area contributed by atoms with Gasteiger partial charge in [0.1, 0.15) is 0 Å². The molecule has 0 fully saturated rings. The normalized spacial score (nSPS) is 10.2. The summed E-state index contributed by atoms with van der Waals surface area (Å²) in [5, 5.41) is 3.24. The van der Waals surface area contributed by atoms with E-state index >= 15 is 0 Å². The number of rotatable bonds is 4. The van der Waals surface area contributed by atoms with Crippen molar-refractivity contribution in [3.63, 3.8) is 0 Å². The van der Waals surface area contributed by atoms with Crippen molar-refractivity contribution in [2.45, 2.75) is 13.8 Å². The van der Waals surface area contributed by atoms with Crippen molar-refractivity contribution in [2.75, 3.05) is 11.9 Å². The van der Waals surface area contributed by atoms with Crippen molar-refractivity contribution in [3.8, 4) is 5.69 Å². The summed E-state index contributed by atoms with van der Waals surface area (Å²) in [6.07, 6.45) is 3.85. The van der Waals surface area contributed by atoms with Crippen LogP contribution in [0.1, 0.15) is 11.3 Å². The van der Waals surface area contributed by atoms with E-state index in [9.17, 15) is 0 Å². The fraction of sp³-hybridized carbons (Fsp3) is 0.214. The number of nitrogens with one attached hydrogen (secondary N) is 1. The summed E-state index contributed by atoms with van der Waals surface area (Å²) >= 11 is 0. The van der Waals surface area contributed by atoms with Gasteiger partial charge in [0.25, 0.3) is 0 Å². The van der Waals surface area contributed by atoms with Crippen molar-refractivity contribution >= 4 is 5.95 Å². The quantitative estimate of drug-likeness (QED) is 0.813. The summed E-state index contributed by atoms with van der Waals surface area (Å²) in [7, 11) is 0. The van der Waals surface area contributed by atoms with Gasteiger partial charge in [0.15, 0.2) is 0 Å². The van der Waals surface area contributed by atoms with Crippen LogP contribution in [-0.2, 0) is 0 Å². The second kappa shape index (κ2) is 4.87. The number of aromatic nitrogens is 2. The Balaban J connectivity index is 2.40. The number of benzene rings is 1. The number of hydrogen-bond donors (Lipinski definition) is 1. The number of hydrogen-bond acceptors (Lipinski definition) is 2. The van der Waals surface area contributed by atoms with Gasteiger partial charge in [0.2, 0.25) is 5.95 Å². The Morgan fingerprint density at radius 2 is 2.24 bits per heavy atom. The Morgan fingerprint density at radius 3 is 2.94 bits per heavy atom. The third-order valence-electron chi connectivity index (χ3n) is 2.51. The van der Waals surface area contributed by atoms with E-state index in [1.165, 1.54) is 5.56 Å². The van der Waals surface area contributed by atoms with Gasteiger partial charge in [0.05, 0.1) is 5.69 Å². The van der Waals surface area contributed by atoms with Gasteiger partial charge in [0, 0.05) is 18.4 Å². The van der Waals surface area contributed by atoms with E-state index in [2.05, 4.69) is 52.6 Å². The molecule has 0 spiro atoms. The maximum Gasteiger partial charge on any atom is 0.207 e. The predicted molar refractivity (Wildman–Crippen MR) is 71.7 cm³/mol. The average Bonchev–Trinajstić information content (AvgIpc) is 2.68. The summed E-state index contributed by atoms with van der Waals surface area (Å²) in [6.45, 7) is 8.49. The van der Waals surface area contributed by atoms with Crippen molar-refractivity contribution in [2.24, 2.45) is 0 Å². The number of imidazole rings is 1. The molecule has 0 aliphatic carbocycles. The molecule has 0 unspecified atom stereocenters. The maximum absolute atomic E-state index is 4.46. The third-order valence-corrected chi connectivity index (χ3v) is 2.51. The van der Waals surface area contributed by atoms with Gasteiger partial charge in [-0.3, -0.25) is 4.57 Å². The summed E-state index contributed by atoms with van der Waals surface area (Å²) < 4.78 is 2.06. The molecule has 3 heteroatoms. The Kier molecular flexibility index (Phi) is 3.28. The molecule has 1 heterocycles. The molecule has 0 aliphatic heterocycles. The average molecular weight is 227 g/mol. The van der Waals surface area contributed by atoms with Crippen LogP contribution in [0.5, 0.6) is 0 Å². The first-order chi connectivity index (χ1) is 8.20. The summed E-state index contributed by atoms with van der Waals surface area (Å²) in [6, 6.07) is 8.36. The predicted octanol–water partition coefficient (Wildman–Crippen LogP) is 3.09. The molecule has 0 amide bonds. The molecular weight excluding hydrogens is 210 g/mol. The first kappa shape index (κ1) is 11.5. The van der Waals surface area contributed by atoms with Crippen LogP contribution in [-0.4, -0.2) is 16.1 Å². The zero-order chi connectivity index (χ0) is 12.3. The SMILES string of the molecule is C=CCNc1nc(C)cn1-c1cccc(C)c1. The largest absolute Gasteiger partial charge is 0.352 e. The lowest BCUT2D eigenvalue weighted by atomic mass is 10.2. The van der Waals surface area contributed by atoms with Crippen molar-refractivity contribution in [1.82, 2.24) is 9.55 Å². The van der Waals surface area contributed by atoms with Gasteiger partial charge in [-0.2, -0.15) is 0 Å². The van der Waals surface area contributed by atoms with E-state index in [0.717, 1.165) is 17.3 Å². The van der Waals surface area contributed by atoms with Crippen molar-refractivity contribution in [3.05, 3.63) is 54.4 Å². The molecule has 0 aliphatic rings. The number of anilines is 1. The van der Waals surface area contributed by atoms with Crippen LogP contribution in [0.4, 0.5) is 5.95 Å². The summed E-state index contributed by atoms with van der Waals surface area (Å²) in [5.74, 6) is 0.855. The molecule has 1 aromatic heterocycles. The van der Waals surface area contributed by atoms with Gasteiger partial charge in [-0.1, -0.05) is 18.2 Å². The van der Waals surface area contributed by atoms with Crippen molar-refractivity contribution < 1.29 is 0 Å². The monoisotopic (exact) mass is 227 g/mol. The molecular formula is C14H17N3. The minimum absolute atomic E-state index is 0.711. The highest BCUT2D eigenvalue weighted by Gasteiger charge is 2.06. The summed E-state index contributed by atoms with van der Waals surface area (Å²) in [4.78, 5) is 4.46. The van der Waals surface area contributed by atoms with Gasteiger partial charge in [-0.15, -0.1) is 6.58 Å². The lowest BCUT2D eigenvalue weighted by Gasteiger charge is -2.08. The molecule has 0 atom stereocenters. The van der Waals surface area contributed by atoms with Gasteiger partial charge in [-0.05, 0) is 31.5 Å². The Hall–Kier alpha value is -2.03. The molecule has 1 aromatic carbocycles. The van der Waals surface area contributed by atoms with E-state index in [-0.39, 0.29) is 0 Å². The van der Waals surface area contributed by atoms with Gasteiger partial charge < -0.3 is 5.32 Å². The summed E-state index contributed by atoms with van der Waals surface area (Å²) in [5.41, 5.74) is 3.36. The molecule has 0 radical (unpaired) electrons. The van der Waals surface area contributed by atoms with E-state index in [4.69, 9.17) is 0 Å². The molecule has 0 bridgehead atoms. The van der Waals surface area contributed by atoms with Crippen LogP contribution in [0.2, 0.25) is 0 Å². The lowest BCUT2D eigenvalue weighted by molar-refractivity contribution is 1.04. The lowest BCUT2D eigenvalue weighted by Crippen LogP contribution is -2.05. The zero-order valence-electron chi connectivity index (χ0n) is 10.3. The zero-order valence-corrected chi connectivity index (χ0v) is 10.3. The second-order valence-electron chi connectivity index (χ2n) is 4.08. The maximum atomic E-state index is 4.46. The van der Waals surface area contributed by atoms with E-state index in [1.54, 1.807) is 0 Å². The highest BCUT2D eigenvalue weighted by molar-refractivity contribution is 5.44. The molecule has 0 saturated heterocycles. The standard InChI is InChI=1S/C14H17N3/c1-4-8-15-14-16-12(3)10-17(14)13-7-5-6-11(2)9-13/h4-7,9-10H,1,8H2,2-3H3,(H,15,16). The Labute approximate surface area is 102 Å². The van der Waals surface area contributed by atoms with E-state index < -0.39 is 0 Å². The molecule has 3 nitrogen and oxygen atoms in total. The van der Waals surface area contributed by atoms with Crippen LogP contribution in [0.15, 0.2) is 43.1 Å². The fourth-order valence-corrected chi connectivity index (χ4v) is 1.76. The highest BCUT2D eigenvalue weighted by Crippen LogP contribution is 2.17. The molecule has 1 N–H and O–H groups in total. The topological polar surface area (TPSA) is 29.9 Å². The van der Waals surface area contributed by atoms with Gasteiger partial charge >= 0.3 is 0 Å². The van der Waals surface area contributed by atoms with Crippen molar-refractivity contribution in [1.29, 1.82) is 0 Å². The minimum atomic E-state index is 0.711. The molecule has 2 aromatic rings. The van der Waals surface area contributed by atoms with Crippen LogP contribution >= 0.6 is 0 Å². The molecule has 17 heavy (non-hydrogen) atoms. The molecule has 2 rings (SSSR count).